The second-order valence-corrected chi connectivity index (χ2v) is 5.67. The highest BCUT2D eigenvalue weighted by Gasteiger charge is 2.39. The minimum atomic E-state index is -0.589. The summed E-state index contributed by atoms with van der Waals surface area (Å²) >= 11 is 6.14. The summed E-state index contributed by atoms with van der Waals surface area (Å²) in [4.78, 5) is 0. The molecule has 1 unspecified atom stereocenters. The van der Waals surface area contributed by atoms with Gasteiger partial charge in [-0.25, -0.2) is 4.39 Å². The topological polar surface area (TPSA) is 23.8 Å². The van der Waals surface area contributed by atoms with Gasteiger partial charge in [-0.05, 0) is 54.2 Å². The van der Waals surface area contributed by atoms with Gasteiger partial charge in [-0.1, -0.05) is 35.9 Å². The van der Waals surface area contributed by atoms with Crippen LogP contribution in [0.3, 0.4) is 0 Å². The smallest absolute Gasteiger partial charge is 0.123 e. The first-order valence-corrected chi connectivity index (χ1v) is 6.96. The van der Waals surface area contributed by atoms with E-state index in [1.54, 1.807) is 6.07 Å². The fourth-order valence-electron chi connectivity index (χ4n) is 3.03. The molecule has 1 aliphatic carbocycles. The summed E-state index contributed by atoms with van der Waals surface area (Å²) in [6.45, 7) is 0. The van der Waals surface area contributed by atoms with Crippen LogP contribution in [0.25, 0.3) is 0 Å². The highest BCUT2D eigenvalue weighted by molar-refractivity contribution is 6.31. The van der Waals surface area contributed by atoms with Crippen molar-refractivity contribution in [1.29, 1.82) is 5.26 Å². The van der Waals surface area contributed by atoms with Crippen molar-refractivity contribution in [3.63, 3.8) is 0 Å². The van der Waals surface area contributed by atoms with E-state index in [1.165, 1.54) is 17.7 Å². The fourth-order valence-corrected chi connectivity index (χ4v) is 3.22. The number of fused-ring (bicyclic) bond motifs is 1. The molecule has 0 fully saturated rings. The van der Waals surface area contributed by atoms with Gasteiger partial charge >= 0.3 is 0 Å². The first-order chi connectivity index (χ1) is 9.64. The van der Waals surface area contributed by atoms with Gasteiger partial charge in [-0.15, -0.1) is 0 Å². The van der Waals surface area contributed by atoms with Crippen molar-refractivity contribution in [2.45, 2.75) is 24.7 Å². The van der Waals surface area contributed by atoms with Gasteiger partial charge in [0.25, 0.3) is 0 Å². The highest BCUT2D eigenvalue weighted by atomic mass is 35.5. The van der Waals surface area contributed by atoms with Crippen LogP contribution >= 0.6 is 11.6 Å². The van der Waals surface area contributed by atoms with Crippen molar-refractivity contribution in [1.82, 2.24) is 0 Å². The Morgan fingerprint density at radius 1 is 1.25 bits per heavy atom. The van der Waals surface area contributed by atoms with Crippen LogP contribution in [0.15, 0.2) is 42.5 Å². The van der Waals surface area contributed by atoms with Crippen LogP contribution in [0.2, 0.25) is 5.02 Å². The molecule has 1 nitrogen and oxygen atoms in total. The fraction of sp³-hybridized carbons (Fsp3) is 0.235. The normalized spacial score (nSPS) is 20.4. The molecule has 1 atom stereocenters. The van der Waals surface area contributed by atoms with E-state index in [2.05, 4.69) is 12.1 Å². The van der Waals surface area contributed by atoms with Crippen molar-refractivity contribution in [3.05, 3.63) is 70.0 Å². The zero-order valence-electron chi connectivity index (χ0n) is 10.9. The SMILES string of the molecule is N#CC1(Cc2cc(F)ccc2Cl)CCc2ccccc21. The predicted octanol–water partition coefficient (Wildman–Crippen LogP) is 4.43. The second kappa shape index (κ2) is 4.92. The summed E-state index contributed by atoms with van der Waals surface area (Å²) in [5.74, 6) is -0.316. The number of aryl methyl sites for hydroxylation is 1. The molecule has 3 heteroatoms. The van der Waals surface area contributed by atoms with Crippen molar-refractivity contribution in [2.24, 2.45) is 0 Å². The molecule has 0 amide bonds. The van der Waals surface area contributed by atoms with E-state index in [9.17, 15) is 9.65 Å². The molecule has 3 rings (SSSR count). The monoisotopic (exact) mass is 285 g/mol. The molecule has 0 radical (unpaired) electrons. The van der Waals surface area contributed by atoms with E-state index in [0.717, 1.165) is 18.4 Å². The van der Waals surface area contributed by atoms with E-state index >= 15 is 0 Å². The molecule has 0 N–H and O–H groups in total. The van der Waals surface area contributed by atoms with E-state index < -0.39 is 5.41 Å². The summed E-state index contributed by atoms with van der Waals surface area (Å²) < 4.78 is 13.4. The molecule has 0 aliphatic heterocycles. The van der Waals surface area contributed by atoms with Gasteiger partial charge in [0.2, 0.25) is 0 Å². The Labute approximate surface area is 122 Å². The van der Waals surface area contributed by atoms with E-state index in [4.69, 9.17) is 11.6 Å². The third-order valence-corrected chi connectivity index (χ3v) is 4.44. The van der Waals surface area contributed by atoms with Gasteiger partial charge in [0.05, 0.1) is 11.5 Å². The van der Waals surface area contributed by atoms with Gasteiger partial charge in [0.15, 0.2) is 0 Å². The van der Waals surface area contributed by atoms with Crippen molar-refractivity contribution in [3.8, 4) is 6.07 Å². The average molecular weight is 286 g/mol. The van der Waals surface area contributed by atoms with Crippen molar-refractivity contribution >= 4 is 11.6 Å². The number of hydrogen-bond donors (Lipinski definition) is 0. The lowest BCUT2D eigenvalue weighted by Crippen LogP contribution is -2.24. The Balaban J connectivity index is 2.05. The van der Waals surface area contributed by atoms with Gasteiger partial charge in [0.1, 0.15) is 5.82 Å². The number of benzene rings is 2. The van der Waals surface area contributed by atoms with Gasteiger partial charge in [0, 0.05) is 5.02 Å². The van der Waals surface area contributed by atoms with E-state index in [1.807, 2.05) is 18.2 Å². The van der Waals surface area contributed by atoms with Crippen LogP contribution in [0.4, 0.5) is 4.39 Å². The molecule has 2 aromatic carbocycles. The lowest BCUT2D eigenvalue weighted by atomic mass is 9.78. The predicted molar refractivity (Wildman–Crippen MR) is 77.2 cm³/mol. The summed E-state index contributed by atoms with van der Waals surface area (Å²) in [6.07, 6.45) is 2.10. The minimum Gasteiger partial charge on any atom is -0.207 e. The van der Waals surface area contributed by atoms with Crippen LogP contribution in [0.1, 0.15) is 23.1 Å². The lowest BCUT2D eigenvalue weighted by molar-refractivity contribution is 0.537. The number of halogens is 2. The molecule has 0 bridgehead atoms. The van der Waals surface area contributed by atoms with Gasteiger partial charge < -0.3 is 0 Å². The van der Waals surface area contributed by atoms with Crippen LogP contribution < -0.4 is 0 Å². The van der Waals surface area contributed by atoms with Crippen molar-refractivity contribution in [2.75, 3.05) is 0 Å². The zero-order chi connectivity index (χ0) is 14.2. The molecule has 0 spiro atoms. The van der Waals surface area contributed by atoms with Gasteiger partial charge in [-0.2, -0.15) is 5.26 Å². The largest absolute Gasteiger partial charge is 0.207 e. The number of rotatable bonds is 2. The van der Waals surface area contributed by atoms with E-state index in [-0.39, 0.29) is 5.82 Å². The third kappa shape index (κ3) is 2.09. The maximum absolute atomic E-state index is 13.4. The molecule has 1 aliphatic rings. The maximum Gasteiger partial charge on any atom is 0.123 e. The molecule has 20 heavy (non-hydrogen) atoms. The second-order valence-electron chi connectivity index (χ2n) is 5.26. The first-order valence-electron chi connectivity index (χ1n) is 6.58. The third-order valence-electron chi connectivity index (χ3n) is 4.07. The minimum absolute atomic E-state index is 0.316. The number of nitrogens with zero attached hydrogens (tertiary/aromatic N) is 1. The Bertz CT molecular complexity index is 704. The summed E-state index contributed by atoms with van der Waals surface area (Å²) in [5, 5.41) is 10.2. The molecule has 0 saturated heterocycles. The van der Waals surface area contributed by atoms with Crippen molar-refractivity contribution < 1.29 is 4.39 Å². The molecule has 0 aromatic heterocycles. The number of nitriles is 1. The Morgan fingerprint density at radius 3 is 2.85 bits per heavy atom. The lowest BCUT2D eigenvalue weighted by Gasteiger charge is -2.23. The Kier molecular flexibility index (Phi) is 3.23. The van der Waals surface area contributed by atoms with E-state index in [0.29, 0.717) is 17.0 Å². The summed E-state index contributed by atoms with van der Waals surface area (Å²) in [7, 11) is 0. The molecule has 2 aromatic rings. The summed E-state index contributed by atoms with van der Waals surface area (Å²) in [6, 6.07) is 14.8. The number of hydrogen-bond acceptors (Lipinski definition) is 1. The molecule has 100 valence electrons. The Hall–Kier alpha value is -1.85. The first kappa shape index (κ1) is 13.1. The maximum atomic E-state index is 13.4. The van der Waals surface area contributed by atoms with Crippen LogP contribution in [0.5, 0.6) is 0 Å². The summed E-state index contributed by atoms with van der Waals surface area (Å²) in [5.41, 5.74) is 2.38. The van der Waals surface area contributed by atoms with Crippen LogP contribution in [0, 0.1) is 17.1 Å². The molecular weight excluding hydrogens is 273 g/mol. The van der Waals surface area contributed by atoms with Gasteiger partial charge in [-0.3, -0.25) is 0 Å². The van der Waals surface area contributed by atoms with Crippen LogP contribution in [-0.2, 0) is 18.3 Å². The average Bonchev–Trinajstić information content (AvgIpc) is 2.83. The molecule has 0 saturated carbocycles. The zero-order valence-corrected chi connectivity index (χ0v) is 11.6. The molecule has 0 heterocycles. The standard InChI is InChI=1S/C17H13ClFN/c18-16-6-5-14(19)9-13(16)10-17(11-20)8-7-12-3-1-2-4-15(12)17/h1-6,9H,7-8,10H2. The quantitative estimate of drug-likeness (QED) is 0.801. The van der Waals surface area contributed by atoms with Crippen LogP contribution in [-0.4, -0.2) is 0 Å². The Morgan fingerprint density at radius 2 is 2.05 bits per heavy atom. The highest BCUT2D eigenvalue weighted by Crippen LogP contribution is 2.42. The molecular formula is C17H13ClFN.